The molecule has 8 nitrogen and oxygen atoms in total. The van der Waals surface area contributed by atoms with Crippen LogP contribution in [-0.2, 0) is 10.0 Å². The predicted molar refractivity (Wildman–Crippen MR) is 110 cm³/mol. The molecule has 4 N–H and O–H groups in total. The topological polar surface area (TPSA) is 120 Å². The first-order valence-corrected chi connectivity index (χ1v) is 9.64. The molecule has 0 bridgehead atoms. The van der Waals surface area contributed by atoms with Gasteiger partial charge in [-0.05, 0) is 42.8 Å². The number of sulfonamides is 1. The number of amides is 1. The molecule has 2 aromatic carbocycles. The Morgan fingerprint density at radius 2 is 1.75 bits per heavy atom. The normalized spacial score (nSPS) is 10.7. The maximum Gasteiger partial charge on any atom is 0.256 e. The zero-order valence-corrected chi connectivity index (χ0v) is 17.4. The van der Waals surface area contributed by atoms with Crippen molar-refractivity contribution >= 4 is 34.0 Å². The first-order valence-electron chi connectivity index (χ1n) is 8.16. The molecule has 0 spiro atoms. The van der Waals surface area contributed by atoms with Gasteiger partial charge in [-0.1, -0.05) is 6.07 Å². The highest BCUT2D eigenvalue weighted by Gasteiger charge is 2.17. The molecule has 1 amide bonds. The van der Waals surface area contributed by atoms with Gasteiger partial charge < -0.3 is 20.5 Å². The van der Waals surface area contributed by atoms with Crippen LogP contribution >= 0.6 is 12.4 Å². The molecule has 0 aliphatic heterocycles. The number of halogens is 1. The maximum atomic E-state index is 12.6. The van der Waals surface area contributed by atoms with E-state index in [1.165, 1.54) is 26.4 Å². The molecule has 154 valence electrons. The number of anilines is 1. The van der Waals surface area contributed by atoms with Gasteiger partial charge >= 0.3 is 0 Å². The third kappa shape index (κ3) is 5.59. The summed E-state index contributed by atoms with van der Waals surface area (Å²) in [4.78, 5) is 12.7. The summed E-state index contributed by atoms with van der Waals surface area (Å²) in [5.41, 5.74) is 6.76. The molecule has 0 aliphatic carbocycles. The van der Waals surface area contributed by atoms with Crippen LogP contribution in [0, 0.1) is 6.92 Å². The fourth-order valence-electron chi connectivity index (χ4n) is 2.44. The van der Waals surface area contributed by atoms with Crippen LogP contribution in [0.3, 0.4) is 0 Å². The summed E-state index contributed by atoms with van der Waals surface area (Å²) in [6.45, 7) is 2.09. The SMILES string of the molecule is COc1cc(C)c(C(=O)Nc2cccc(S(=O)(=O)NCCN)c2)cc1OC.Cl. The number of ether oxygens (including phenoxy) is 2. The van der Waals surface area contributed by atoms with Gasteiger partial charge in [-0.15, -0.1) is 12.4 Å². The number of hydrogen-bond donors (Lipinski definition) is 3. The lowest BCUT2D eigenvalue weighted by Gasteiger charge is -2.13. The number of carbonyl (C=O) groups is 1. The highest BCUT2D eigenvalue weighted by Crippen LogP contribution is 2.30. The van der Waals surface area contributed by atoms with Crippen molar-refractivity contribution in [2.75, 3.05) is 32.6 Å². The van der Waals surface area contributed by atoms with Crippen LogP contribution in [0.15, 0.2) is 41.3 Å². The molecule has 2 aromatic rings. The second-order valence-electron chi connectivity index (χ2n) is 5.69. The van der Waals surface area contributed by atoms with E-state index < -0.39 is 15.9 Å². The van der Waals surface area contributed by atoms with Crippen LogP contribution in [-0.4, -0.2) is 41.6 Å². The minimum absolute atomic E-state index is 0. The Kier molecular flexibility index (Phi) is 8.70. The number of rotatable bonds is 8. The smallest absolute Gasteiger partial charge is 0.256 e. The number of nitrogens with two attached hydrogens (primary N) is 1. The van der Waals surface area contributed by atoms with E-state index in [1.54, 1.807) is 31.2 Å². The Bertz CT molecular complexity index is 935. The molecule has 0 aliphatic rings. The third-order valence-corrected chi connectivity index (χ3v) is 5.27. The van der Waals surface area contributed by atoms with Gasteiger partial charge in [-0.3, -0.25) is 4.79 Å². The zero-order chi connectivity index (χ0) is 20.0. The summed E-state index contributed by atoms with van der Waals surface area (Å²) in [6.07, 6.45) is 0. The molecule has 0 heterocycles. The molecular formula is C18H24ClN3O5S. The minimum atomic E-state index is -3.69. The Hall–Kier alpha value is -2.33. The molecule has 0 aromatic heterocycles. The van der Waals surface area contributed by atoms with Gasteiger partial charge in [0.25, 0.3) is 5.91 Å². The van der Waals surface area contributed by atoms with E-state index in [4.69, 9.17) is 15.2 Å². The summed E-state index contributed by atoms with van der Waals surface area (Å²) >= 11 is 0. The summed E-state index contributed by atoms with van der Waals surface area (Å²) < 4.78 is 37.2. The summed E-state index contributed by atoms with van der Waals surface area (Å²) in [5.74, 6) is 0.555. The number of aryl methyl sites for hydroxylation is 1. The average Bonchev–Trinajstić information content (AvgIpc) is 2.66. The van der Waals surface area contributed by atoms with Crippen molar-refractivity contribution in [2.45, 2.75) is 11.8 Å². The quantitative estimate of drug-likeness (QED) is 0.589. The Labute approximate surface area is 170 Å². The van der Waals surface area contributed by atoms with Crippen LogP contribution in [0.25, 0.3) is 0 Å². The van der Waals surface area contributed by atoms with Gasteiger partial charge in [-0.2, -0.15) is 0 Å². The van der Waals surface area contributed by atoms with E-state index in [0.717, 1.165) is 0 Å². The Morgan fingerprint density at radius 1 is 1.11 bits per heavy atom. The van der Waals surface area contributed by atoms with Crippen molar-refractivity contribution in [1.29, 1.82) is 0 Å². The number of nitrogens with one attached hydrogen (secondary N) is 2. The Morgan fingerprint density at radius 3 is 2.36 bits per heavy atom. The first-order chi connectivity index (χ1) is 12.8. The standard InChI is InChI=1S/C18H23N3O5S.ClH/c1-12-9-16(25-2)17(26-3)11-15(12)18(22)21-13-5-4-6-14(10-13)27(23,24)20-8-7-19;/h4-6,9-11,20H,7-8,19H2,1-3H3,(H,21,22);1H. The van der Waals surface area contributed by atoms with Crippen molar-refractivity contribution in [3.63, 3.8) is 0 Å². The lowest BCUT2D eigenvalue weighted by molar-refractivity contribution is 0.102. The third-order valence-electron chi connectivity index (χ3n) is 3.81. The monoisotopic (exact) mass is 429 g/mol. The van der Waals surface area contributed by atoms with Crippen LogP contribution in [0.5, 0.6) is 11.5 Å². The highest BCUT2D eigenvalue weighted by atomic mass is 35.5. The Balaban J connectivity index is 0.00000392. The molecule has 0 unspecified atom stereocenters. The van der Waals surface area contributed by atoms with Crippen LogP contribution < -0.4 is 25.2 Å². The van der Waals surface area contributed by atoms with E-state index >= 15 is 0 Å². The molecular weight excluding hydrogens is 406 g/mol. The van der Waals surface area contributed by atoms with E-state index in [2.05, 4.69) is 10.0 Å². The molecule has 0 atom stereocenters. The fraction of sp³-hybridized carbons (Fsp3) is 0.278. The number of benzene rings is 2. The summed E-state index contributed by atoms with van der Waals surface area (Å²) in [6, 6.07) is 9.26. The highest BCUT2D eigenvalue weighted by molar-refractivity contribution is 7.89. The lowest BCUT2D eigenvalue weighted by Crippen LogP contribution is -2.29. The lowest BCUT2D eigenvalue weighted by atomic mass is 10.1. The average molecular weight is 430 g/mol. The molecule has 0 saturated heterocycles. The van der Waals surface area contributed by atoms with Crippen LogP contribution in [0.2, 0.25) is 0 Å². The van der Waals surface area contributed by atoms with Crippen molar-refractivity contribution in [2.24, 2.45) is 5.73 Å². The van der Waals surface area contributed by atoms with Gasteiger partial charge in [0.1, 0.15) is 0 Å². The summed E-state index contributed by atoms with van der Waals surface area (Å²) in [7, 11) is -0.692. The second kappa shape index (κ2) is 10.3. The molecule has 28 heavy (non-hydrogen) atoms. The molecule has 2 rings (SSSR count). The number of carbonyl (C=O) groups excluding carboxylic acids is 1. The van der Waals surface area contributed by atoms with Crippen molar-refractivity contribution in [1.82, 2.24) is 4.72 Å². The fourth-order valence-corrected chi connectivity index (χ4v) is 3.53. The van der Waals surface area contributed by atoms with E-state index in [-0.39, 0.29) is 30.4 Å². The predicted octanol–water partition coefficient (Wildman–Crippen LogP) is 1.92. The summed E-state index contributed by atoms with van der Waals surface area (Å²) in [5, 5.41) is 2.70. The van der Waals surface area contributed by atoms with Crippen molar-refractivity contribution in [3.8, 4) is 11.5 Å². The number of methoxy groups -OCH3 is 2. The van der Waals surface area contributed by atoms with E-state index in [0.29, 0.717) is 28.3 Å². The molecule has 0 fully saturated rings. The van der Waals surface area contributed by atoms with Gasteiger partial charge in [0.2, 0.25) is 10.0 Å². The molecule has 0 saturated carbocycles. The van der Waals surface area contributed by atoms with E-state index in [9.17, 15) is 13.2 Å². The minimum Gasteiger partial charge on any atom is -0.493 e. The first kappa shape index (κ1) is 23.7. The van der Waals surface area contributed by atoms with Crippen molar-refractivity contribution < 1.29 is 22.7 Å². The van der Waals surface area contributed by atoms with Crippen molar-refractivity contribution in [3.05, 3.63) is 47.5 Å². The largest absolute Gasteiger partial charge is 0.493 e. The number of hydrogen-bond acceptors (Lipinski definition) is 6. The maximum absolute atomic E-state index is 12.6. The van der Waals surface area contributed by atoms with Crippen LogP contribution in [0.1, 0.15) is 15.9 Å². The van der Waals surface area contributed by atoms with E-state index in [1.807, 2.05) is 0 Å². The zero-order valence-electron chi connectivity index (χ0n) is 15.8. The van der Waals surface area contributed by atoms with Gasteiger partial charge in [0.05, 0.1) is 19.1 Å². The van der Waals surface area contributed by atoms with Crippen LogP contribution in [0.4, 0.5) is 5.69 Å². The molecule has 10 heteroatoms. The van der Waals surface area contributed by atoms with Gasteiger partial charge in [0.15, 0.2) is 11.5 Å². The van der Waals surface area contributed by atoms with Gasteiger partial charge in [0, 0.05) is 24.3 Å². The molecule has 0 radical (unpaired) electrons. The second-order valence-corrected chi connectivity index (χ2v) is 7.46. The van der Waals surface area contributed by atoms with Gasteiger partial charge in [-0.25, -0.2) is 13.1 Å².